The van der Waals surface area contributed by atoms with Gasteiger partial charge in [-0.3, -0.25) is 0 Å². The number of hydrogen-bond acceptors (Lipinski definition) is 4. The van der Waals surface area contributed by atoms with Gasteiger partial charge >= 0.3 is 6.18 Å². The van der Waals surface area contributed by atoms with E-state index in [1.165, 1.54) is 6.07 Å². The van der Waals surface area contributed by atoms with Crippen molar-refractivity contribution >= 4 is 22.3 Å². The maximum Gasteiger partial charge on any atom is 0.421 e. The highest BCUT2D eigenvalue weighted by atomic mass is 32.2. The maximum atomic E-state index is 13.2. The van der Waals surface area contributed by atoms with Crippen LogP contribution in [0.25, 0.3) is 0 Å². The summed E-state index contributed by atoms with van der Waals surface area (Å²) >= 11 is 0. The van der Waals surface area contributed by atoms with Crippen LogP contribution in [-0.2, 0) is 17.1 Å². The highest BCUT2D eigenvalue weighted by Gasteiger charge is 2.41. The number of halogens is 3. The second-order valence-electron chi connectivity index (χ2n) is 4.60. The van der Waals surface area contributed by atoms with Crippen molar-refractivity contribution in [2.45, 2.75) is 11.1 Å². The van der Waals surface area contributed by atoms with Crippen molar-refractivity contribution in [1.29, 1.82) is 5.26 Å². The van der Waals surface area contributed by atoms with Gasteiger partial charge in [0.1, 0.15) is 23.6 Å². The Bertz CT molecular complexity index is 548. The van der Waals surface area contributed by atoms with Gasteiger partial charge in [0.15, 0.2) is 4.90 Å². The number of anilines is 2. The molecule has 0 radical (unpaired) electrons. The van der Waals surface area contributed by atoms with E-state index in [1.54, 1.807) is 0 Å². The van der Waals surface area contributed by atoms with Crippen LogP contribution in [0.1, 0.15) is 5.56 Å². The van der Waals surface area contributed by atoms with E-state index in [-0.39, 0.29) is 12.2 Å². The van der Waals surface area contributed by atoms with E-state index in [2.05, 4.69) is 10.6 Å². The lowest BCUT2D eigenvalue weighted by molar-refractivity contribution is -0.139. The molecule has 0 aliphatic carbocycles. The van der Waals surface area contributed by atoms with Crippen molar-refractivity contribution in [3.05, 3.63) is 17.7 Å². The Morgan fingerprint density at radius 2 is 2.00 bits per heavy atom. The first kappa shape index (κ1) is 15.8. The lowest BCUT2D eigenvalue weighted by Gasteiger charge is -2.20. The van der Waals surface area contributed by atoms with Crippen molar-refractivity contribution in [2.24, 2.45) is 0 Å². The molecule has 4 N–H and O–H groups in total. The van der Waals surface area contributed by atoms with Crippen LogP contribution < -0.4 is 16.4 Å². The molecule has 0 saturated carbocycles. The van der Waals surface area contributed by atoms with Gasteiger partial charge in [0.2, 0.25) is 0 Å². The zero-order chi connectivity index (χ0) is 15.5. The number of rotatable bonds is 3. The molecule has 114 valence electrons. The van der Waals surface area contributed by atoms with Crippen molar-refractivity contribution < 1.29 is 13.2 Å². The average molecular weight is 317 g/mol. The molecule has 1 aliphatic heterocycles. The van der Waals surface area contributed by atoms with Crippen LogP contribution in [-0.4, -0.2) is 31.1 Å². The van der Waals surface area contributed by atoms with Crippen LogP contribution in [0.2, 0.25) is 0 Å². The van der Waals surface area contributed by atoms with Crippen molar-refractivity contribution in [2.75, 3.05) is 42.2 Å². The molecule has 0 spiro atoms. The van der Waals surface area contributed by atoms with Crippen LogP contribution in [0.4, 0.5) is 24.5 Å². The number of nitrogen functional groups attached to an aromatic ring is 1. The Hall–Kier alpha value is -1.59. The van der Waals surface area contributed by atoms with Gasteiger partial charge in [0.25, 0.3) is 0 Å². The van der Waals surface area contributed by atoms with Crippen LogP contribution in [0.3, 0.4) is 0 Å². The summed E-state index contributed by atoms with van der Waals surface area (Å²) in [6.45, 7) is 1.43. The first-order valence-corrected chi connectivity index (χ1v) is 7.99. The average Bonchev–Trinajstić information content (AvgIpc) is 2.45. The van der Waals surface area contributed by atoms with Gasteiger partial charge in [-0.2, -0.15) is 18.4 Å². The number of nitrogens with zero attached hydrogens (tertiary/aromatic N) is 1. The smallest absolute Gasteiger partial charge is 0.397 e. The van der Waals surface area contributed by atoms with E-state index in [1.807, 2.05) is 6.07 Å². The molecular formula is C13H16F3N4S+. The molecule has 0 unspecified atom stereocenters. The molecule has 0 amide bonds. The van der Waals surface area contributed by atoms with Gasteiger partial charge in [0.05, 0.1) is 17.4 Å². The standard InChI is InChI=1S/C13H16F3N4S/c14-13(15,16)9-7-10(18)11(20-2-1-17)8-12(9)21-5-3-19-4-6-21/h7-8,19-20H,2-6,18H2/q+1. The third-order valence-electron chi connectivity index (χ3n) is 3.18. The summed E-state index contributed by atoms with van der Waals surface area (Å²) in [5.41, 5.74) is 5.42. The summed E-state index contributed by atoms with van der Waals surface area (Å²) in [5.74, 6) is 1.37. The third-order valence-corrected chi connectivity index (χ3v) is 5.53. The predicted molar refractivity (Wildman–Crippen MR) is 78.2 cm³/mol. The minimum atomic E-state index is -4.42. The highest BCUT2D eigenvalue weighted by molar-refractivity contribution is 7.97. The van der Waals surface area contributed by atoms with E-state index in [0.717, 1.165) is 6.07 Å². The summed E-state index contributed by atoms with van der Waals surface area (Å²) in [5, 5.41) is 14.5. The Labute approximate surface area is 123 Å². The lowest BCUT2D eigenvalue weighted by Crippen LogP contribution is -2.37. The summed E-state index contributed by atoms with van der Waals surface area (Å²) in [7, 11) is -0.451. The molecule has 0 aromatic heterocycles. The monoisotopic (exact) mass is 317 g/mol. The van der Waals surface area contributed by atoms with Crippen LogP contribution in [0, 0.1) is 11.3 Å². The molecule has 4 nitrogen and oxygen atoms in total. The Morgan fingerprint density at radius 1 is 1.33 bits per heavy atom. The zero-order valence-corrected chi connectivity index (χ0v) is 12.1. The van der Waals surface area contributed by atoms with Crippen LogP contribution in [0.15, 0.2) is 17.0 Å². The second kappa shape index (κ2) is 6.45. The predicted octanol–water partition coefficient (Wildman–Crippen LogP) is 1.80. The fourth-order valence-electron chi connectivity index (χ4n) is 2.18. The third kappa shape index (κ3) is 3.74. The van der Waals surface area contributed by atoms with Gasteiger partial charge < -0.3 is 16.4 Å². The Kier molecular flexibility index (Phi) is 4.85. The maximum absolute atomic E-state index is 13.2. The number of benzene rings is 1. The van der Waals surface area contributed by atoms with Gasteiger partial charge in [-0.05, 0) is 6.07 Å². The molecule has 8 heteroatoms. The topological polar surface area (TPSA) is 73.9 Å². The summed E-state index contributed by atoms with van der Waals surface area (Å²) in [6, 6.07) is 4.33. The number of nitriles is 1. The van der Waals surface area contributed by atoms with Gasteiger partial charge in [-0.1, -0.05) is 0 Å². The van der Waals surface area contributed by atoms with Crippen molar-refractivity contribution in [3.63, 3.8) is 0 Å². The van der Waals surface area contributed by atoms with E-state index in [9.17, 15) is 13.2 Å². The molecule has 21 heavy (non-hydrogen) atoms. The van der Waals surface area contributed by atoms with Gasteiger partial charge in [-0.15, -0.1) is 0 Å². The first-order chi connectivity index (χ1) is 9.93. The fourth-order valence-corrected chi connectivity index (χ4v) is 4.38. The zero-order valence-electron chi connectivity index (χ0n) is 11.3. The van der Waals surface area contributed by atoms with E-state index >= 15 is 0 Å². The van der Waals surface area contributed by atoms with Gasteiger partial charge in [0, 0.05) is 30.1 Å². The van der Waals surface area contributed by atoms with Crippen LogP contribution in [0.5, 0.6) is 0 Å². The van der Waals surface area contributed by atoms with Gasteiger partial charge in [-0.25, -0.2) is 0 Å². The molecular weight excluding hydrogens is 301 g/mol. The minimum Gasteiger partial charge on any atom is -0.397 e. The highest BCUT2D eigenvalue weighted by Crippen LogP contribution is 2.39. The molecule has 1 aliphatic rings. The Morgan fingerprint density at radius 3 is 2.57 bits per heavy atom. The minimum absolute atomic E-state index is 0.00430. The molecule has 1 saturated heterocycles. The molecule has 1 fully saturated rings. The summed E-state index contributed by atoms with van der Waals surface area (Å²) < 4.78 is 39.7. The molecule has 1 aromatic rings. The SMILES string of the molecule is N#CCNc1cc([S+]2CCNCC2)c(C(F)(F)F)cc1N. The van der Waals surface area contributed by atoms with E-state index < -0.39 is 22.6 Å². The largest absolute Gasteiger partial charge is 0.421 e. The summed E-state index contributed by atoms with van der Waals surface area (Å²) in [6.07, 6.45) is -4.42. The van der Waals surface area contributed by atoms with Crippen LogP contribution >= 0.6 is 0 Å². The number of nitrogens with one attached hydrogen (secondary N) is 2. The quantitative estimate of drug-likeness (QED) is 0.451. The molecule has 0 atom stereocenters. The molecule has 1 heterocycles. The Balaban J connectivity index is 2.44. The molecule has 1 aromatic carbocycles. The summed E-state index contributed by atoms with van der Waals surface area (Å²) in [4.78, 5) is 0.290. The number of alkyl halides is 3. The van der Waals surface area contributed by atoms with E-state index in [4.69, 9.17) is 11.0 Å². The number of hydrogen-bond donors (Lipinski definition) is 3. The van der Waals surface area contributed by atoms with Crippen molar-refractivity contribution in [3.8, 4) is 6.07 Å². The number of nitrogens with two attached hydrogens (primary N) is 1. The molecule has 0 bridgehead atoms. The fraction of sp³-hybridized carbons (Fsp3) is 0.462. The van der Waals surface area contributed by atoms with Crippen molar-refractivity contribution in [1.82, 2.24) is 5.32 Å². The molecule has 2 rings (SSSR count). The normalized spacial score (nSPS) is 16.5. The lowest BCUT2D eigenvalue weighted by atomic mass is 10.1. The first-order valence-electron chi connectivity index (χ1n) is 6.43. The van der Waals surface area contributed by atoms with E-state index in [0.29, 0.717) is 35.2 Å². The second-order valence-corrected chi connectivity index (χ2v) is 6.84.